The maximum atomic E-state index is 12.6. The highest BCUT2D eigenvalue weighted by Gasteiger charge is 2.17. The Balaban J connectivity index is 1.22. The summed E-state index contributed by atoms with van der Waals surface area (Å²) in [6.07, 6.45) is 3.30. The fraction of sp³-hybridized carbons (Fsp3) is 0.250. The molecule has 1 fully saturated rings. The Bertz CT molecular complexity index is 1140. The van der Waals surface area contributed by atoms with E-state index >= 15 is 0 Å². The third-order valence-corrected chi connectivity index (χ3v) is 5.95. The number of carbonyl (C=O) groups excluding carboxylic acids is 3. The van der Waals surface area contributed by atoms with Crippen LogP contribution < -0.4 is 16.0 Å². The Morgan fingerprint density at radius 1 is 0.714 bits per heavy atom. The van der Waals surface area contributed by atoms with Crippen molar-refractivity contribution in [1.82, 2.24) is 10.2 Å². The van der Waals surface area contributed by atoms with Gasteiger partial charge in [0.15, 0.2) is 0 Å². The quantitative estimate of drug-likeness (QED) is 0.458. The molecule has 3 aromatic carbocycles. The first-order valence-electron chi connectivity index (χ1n) is 11.9. The van der Waals surface area contributed by atoms with Crippen LogP contribution in [0.25, 0.3) is 0 Å². The van der Waals surface area contributed by atoms with Crippen molar-refractivity contribution in [2.75, 3.05) is 30.3 Å². The number of anilines is 2. The first-order valence-corrected chi connectivity index (χ1v) is 11.9. The Kier molecular flexibility index (Phi) is 8.12. The largest absolute Gasteiger partial charge is 0.376 e. The second-order valence-corrected chi connectivity index (χ2v) is 8.58. The van der Waals surface area contributed by atoms with Gasteiger partial charge in [-0.05, 0) is 73.4 Å². The van der Waals surface area contributed by atoms with Crippen molar-refractivity contribution in [3.63, 3.8) is 0 Å². The Hall–Kier alpha value is -4.13. The molecule has 0 aromatic heterocycles. The zero-order chi connectivity index (χ0) is 24.5. The third-order valence-electron chi connectivity index (χ3n) is 5.95. The molecule has 0 unspecified atom stereocenters. The van der Waals surface area contributed by atoms with Crippen LogP contribution in [0.15, 0.2) is 78.9 Å². The highest BCUT2D eigenvalue weighted by atomic mass is 16.2. The van der Waals surface area contributed by atoms with Crippen LogP contribution in [0.2, 0.25) is 0 Å². The van der Waals surface area contributed by atoms with E-state index in [-0.39, 0.29) is 24.3 Å². The van der Waals surface area contributed by atoms with Crippen LogP contribution >= 0.6 is 0 Å². The van der Waals surface area contributed by atoms with E-state index in [4.69, 9.17) is 0 Å². The van der Waals surface area contributed by atoms with E-state index in [1.807, 2.05) is 47.4 Å². The number of likely N-dealkylation sites (tertiary alicyclic amines) is 1. The smallest absolute Gasteiger partial charge is 0.253 e. The highest BCUT2D eigenvalue weighted by molar-refractivity contribution is 5.97. The third kappa shape index (κ3) is 6.93. The lowest BCUT2D eigenvalue weighted by molar-refractivity contribution is -0.114. The summed E-state index contributed by atoms with van der Waals surface area (Å²) in [6, 6.07) is 23.7. The molecule has 1 aliphatic rings. The van der Waals surface area contributed by atoms with Crippen LogP contribution in [0.5, 0.6) is 0 Å². The van der Waals surface area contributed by atoms with Gasteiger partial charge in [-0.25, -0.2) is 0 Å². The van der Waals surface area contributed by atoms with Crippen molar-refractivity contribution in [1.29, 1.82) is 0 Å². The number of hydrogen-bond donors (Lipinski definition) is 3. The van der Waals surface area contributed by atoms with E-state index < -0.39 is 0 Å². The Labute approximate surface area is 205 Å². The molecular weight excluding hydrogens is 440 g/mol. The molecule has 1 aliphatic heterocycles. The zero-order valence-corrected chi connectivity index (χ0v) is 19.6. The van der Waals surface area contributed by atoms with E-state index in [1.165, 1.54) is 6.42 Å². The topological polar surface area (TPSA) is 90.5 Å². The number of piperidine rings is 1. The first-order chi connectivity index (χ1) is 17.1. The summed E-state index contributed by atoms with van der Waals surface area (Å²) < 4.78 is 0. The summed E-state index contributed by atoms with van der Waals surface area (Å²) in [5.41, 5.74) is 3.59. The molecule has 1 heterocycles. The molecule has 3 N–H and O–H groups in total. The lowest BCUT2D eigenvalue weighted by atomic mass is 10.1. The van der Waals surface area contributed by atoms with Crippen LogP contribution in [0, 0.1) is 0 Å². The SMILES string of the molecule is O=C(CNc1ccc(C(=O)N2CCCCC2)cc1)Nc1ccc(C(=O)NCc2ccccc2)cc1. The molecule has 4 rings (SSSR count). The maximum absolute atomic E-state index is 12.6. The average Bonchev–Trinajstić information content (AvgIpc) is 2.92. The van der Waals surface area contributed by atoms with Gasteiger partial charge < -0.3 is 20.9 Å². The lowest BCUT2D eigenvalue weighted by Crippen LogP contribution is -2.35. The Morgan fingerprint density at radius 2 is 1.34 bits per heavy atom. The lowest BCUT2D eigenvalue weighted by Gasteiger charge is -2.26. The fourth-order valence-corrected chi connectivity index (χ4v) is 3.98. The van der Waals surface area contributed by atoms with Crippen LogP contribution in [0.3, 0.4) is 0 Å². The van der Waals surface area contributed by atoms with Crippen molar-refractivity contribution in [2.45, 2.75) is 25.8 Å². The summed E-state index contributed by atoms with van der Waals surface area (Å²) in [5, 5.41) is 8.77. The molecule has 7 nitrogen and oxygen atoms in total. The van der Waals surface area contributed by atoms with E-state index in [1.54, 1.807) is 36.4 Å². The van der Waals surface area contributed by atoms with Gasteiger partial charge in [0.25, 0.3) is 11.8 Å². The van der Waals surface area contributed by atoms with Gasteiger partial charge in [0.2, 0.25) is 5.91 Å². The number of amides is 3. The molecular formula is C28H30N4O3. The second kappa shape index (κ2) is 11.8. The number of carbonyl (C=O) groups is 3. The normalized spacial score (nSPS) is 13.1. The van der Waals surface area contributed by atoms with Crippen LogP contribution in [-0.4, -0.2) is 42.3 Å². The molecule has 3 aromatic rings. The second-order valence-electron chi connectivity index (χ2n) is 8.58. The molecule has 0 saturated carbocycles. The molecule has 0 aliphatic carbocycles. The number of nitrogens with zero attached hydrogens (tertiary/aromatic N) is 1. The molecule has 3 amide bonds. The van der Waals surface area contributed by atoms with Gasteiger partial charge in [-0.1, -0.05) is 30.3 Å². The Morgan fingerprint density at radius 3 is 2.03 bits per heavy atom. The van der Waals surface area contributed by atoms with Gasteiger partial charge in [-0.3, -0.25) is 14.4 Å². The number of rotatable bonds is 8. The van der Waals surface area contributed by atoms with Crippen molar-refractivity contribution < 1.29 is 14.4 Å². The molecule has 0 bridgehead atoms. The van der Waals surface area contributed by atoms with Gasteiger partial charge in [0, 0.05) is 42.1 Å². The first kappa shape index (κ1) is 24.0. The van der Waals surface area contributed by atoms with Gasteiger partial charge in [0.05, 0.1) is 6.54 Å². The van der Waals surface area contributed by atoms with E-state index in [9.17, 15) is 14.4 Å². The molecule has 0 radical (unpaired) electrons. The molecule has 35 heavy (non-hydrogen) atoms. The number of nitrogens with one attached hydrogen (secondary N) is 3. The van der Waals surface area contributed by atoms with Crippen LogP contribution in [0.1, 0.15) is 45.5 Å². The van der Waals surface area contributed by atoms with Gasteiger partial charge in [-0.15, -0.1) is 0 Å². The summed E-state index contributed by atoms with van der Waals surface area (Å²) in [7, 11) is 0. The van der Waals surface area contributed by atoms with Crippen molar-refractivity contribution in [2.24, 2.45) is 0 Å². The number of hydrogen-bond acceptors (Lipinski definition) is 4. The summed E-state index contributed by atoms with van der Waals surface area (Å²) >= 11 is 0. The minimum atomic E-state index is -0.209. The van der Waals surface area contributed by atoms with Crippen molar-refractivity contribution >= 4 is 29.1 Å². The standard InChI is InChI=1S/C28H30N4O3/c33-26(20-29-24-13-11-23(12-14-24)28(35)32-17-5-2-6-18-32)31-25-15-9-22(10-16-25)27(34)30-19-21-7-3-1-4-8-21/h1,3-4,7-16,29H,2,5-6,17-20H2,(H,30,34)(H,31,33). The molecule has 180 valence electrons. The molecule has 0 spiro atoms. The fourth-order valence-electron chi connectivity index (χ4n) is 3.98. The zero-order valence-electron chi connectivity index (χ0n) is 19.6. The van der Waals surface area contributed by atoms with E-state index in [2.05, 4.69) is 16.0 Å². The predicted octanol–water partition coefficient (Wildman–Crippen LogP) is 4.29. The summed E-state index contributed by atoms with van der Waals surface area (Å²) in [4.78, 5) is 39.1. The number of benzene rings is 3. The van der Waals surface area contributed by atoms with Gasteiger partial charge in [-0.2, -0.15) is 0 Å². The average molecular weight is 471 g/mol. The minimum absolute atomic E-state index is 0.0613. The van der Waals surface area contributed by atoms with Gasteiger partial charge >= 0.3 is 0 Å². The summed E-state index contributed by atoms with van der Waals surface area (Å²) in [6.45, 7) is 2.17. The molecule has 0 atom stereocenters. The molecule has 1 saturated heterocycles. The van der Waals surface area contributed by atoms with Crippen molar-refractivity contribution in [3.05, 3.63) is 95.6 Å². The highest BCUT2D eigenvalue weighted by Crippen LogP contribution is 2.16. The van der Waals surface area contributed by atoms with E-state index in [0.717, 1.165) is 37.2 Å². The monoisotopic (exact) mass is 470 g/mol. The van der Waals surface area contributed by atoms with Crippen molar-refractivity contribution in [3.8, 4) is 0 Å². The predicted molar refractivity (Wildman–Crippen MR) is 137 cm³/mol. The van der Waals surface area contributed by atoms with Gasteiger partial charge in [0.1, 0.15) is 0 Å². The summed E-state index contributed by atoms with van der Waals surface area (Å²) in [5.74, 6) is -0.318. The molecule has 7 heteroatoms. The minimum Gasteiger partial charge on any atom is -0.376 e. The van der Waals surface area contributed by atoms with Crippen LogP contribution in [-0.2, 0) is 11.3 Å². The maximum Gasteiger partial charge on any atom is 0.253 e. The van der Waals surface area contributed by atoms with Crippen LogP contribution in [0.4, 0.5) is 11.4 Å². The van der Waals surface area contributed by atoms with E-state index in [0.29, 0.717) is 23.4 Å².